The minimum absolute atomic E-state index is 0.0411. The quantitative estimate of drug-likeness (QED) is 0.629. The second-order valence-electron chi connectivity index (χ2n) is 2.92. The summed E-state index contributed by atoms with van der Waals surface area (Å²) >= 11 is 0. The number of hydrogen-bond acceptors (Lipinski definition) is 4. The Bertz CT molecular complexity index is 580. The predicted molar refractivity (Wildman–Crippen MR) is 56.3 cm³/mol. The van der Waals surface area contributed by atoms with E-state index in [1.807, 2.05) is 0 Å². The first-order chi connectivity index (χ1) is 7.58. The first-order valence-electron chi connectivity index (χ1n) is 4.22. The molecule has 0 bridgehead atoms. The lowest BCUT2D eigenvalue weighted by Gasteiger charge is -2.03. The van der Waals surface area contributed by atoms with E-state index in [9.17, 15) is 9.36 Å². The molecule has 0 fully saturated rings. The summed E-state index contributed by atoms with van der Waals surface area (Å²) in [6, 6.07) is 1.48. The van der Waals surface area contributed by atoms with E-state index < -0.39 is 14.1 Å². The Morgan fingerprint density at radius 2 is 2.38 bits per heavy atom. The van der Waals surface area contributed by atoms with E-state index in [0.29, 0.717) is 5.82 Å². The molecular formula is C7H8N5O3P. The van der Waals surface area contributed by atoms with Crippen LogP contribution in [0.1, 0.15) is 10.5 Å². The molecule has 1 amide bonds. The highest BCUT2D eigenvalue weighted by Crippen LogP contribution is 2.19. The molecule has 2 rings (SSSR count). The van der Waals surface area contributed by atoms with E-state index in [4.69, 9.17) is 10.6 Å². The van der Waals surface area contributed by atoms with Crippen molar-refractivity contribution in [3.8, 4) is 0 Å². The molecule has 84 valence electrons. The van der Waals surface area contributed by atoms with Crippen molar-refractivity contribution in [2.75, 3.05) is 5.09 Å². The number of nitrogens with two attached hydrogens (primary N) is 1. The number of rotatable bonds is 3. The molecule has 0 aliphatic carbocycles. The summed E-state index contributed by atoms with van der Waals surface area (Å²) in [6.45, 7) is 0. The van der Waals surface area contributed by atoms with Crippen LogP contribution in [0.2, 0.25) is 0 Å². The van der Waals surface area contributed by atoms with Gasteiger partial charge in [-0.1, -0.05) is 0 Å². The first kappa shape index (κ1) is 10.6. The summed E-state index contributed by atoms with van der Waals surface area (Å²) in [5, 5.41) is 2.33. The van der Waals surface area contributed by atoms with Crippen molar-refractivity contribution >= 4 is 25.7 Å². The van der Waals surface area contributed by atoms with Crippen molar-refractivity contribution < 1.29 is 14.3 Å². The van der Waals surface area contributed by atoms with Crippen LogP contribution in [-0.2, 0) is 4.57 Å². The Morgan fingerprint density at radius 3 is 3.00 bits per heavy atom. The van der Waals surface area contributed by atoms with Gasteiger partial charge in [0, 0.05) is 12.4 Å². The normalized spacial score (nSPS) is 12.6. The zero-order valence-corrected chi connectivity index (χ0v) is 8.91. The molecule has 0 aliphatic rings. The zero-order chi connectivity index (χ0) is 11.7. The summed E-state index contributed by atoms with van der Waals surface area (Å²) in [6.07, 6.45) is 2.75. The maximum Gasteiger partial charge on any atom is 0.280 e. The molecule has 0 aliphatic heterocycles. The van der Waals surface area contributed by atoms with Crippen molar-refractivity contribution in [1.29, 1.82) is 0 Å². The highest BCUT2D eigenvalue weighted by Gasteiger charge is 2.10. The maximum absolute atomic E-state index is 10.9. The number of imidazole rings is 1. The SMILES string of the molecule is NC(=O)c1cn2c(N[PH](=O)O)ccnc2n1. The van der Waals surface area contributed by atoms with Gasteiger partial charge in [-0.2, -0.15) is 0 Å². The van der Waals surface area contributed by atoms with Crippen LogP contribution in [0.4, 0.5) is 5.82 Å². The smallest absolute Gasteiger partial charge is 0.280 e. The maximum atomic E-state index is 10.9. The largest absolute Gasteiger partial charge is 0.364 e. The van der Waals surface area contributed by atoms with Gasteiger partial charge in [0.2, 0.25) is 5.78 Å². The molecule has 0 spiro atoms. The van der Waals surface area contributed by atoms with E-state index in [-0.39, 0.29) is 11.5 Å². The van der Waals surface area contributed by atoms with E-state index in [0.717, 1.165) is 0 Å². The second kappa shape index (κ2) is 3.92. The molecule has 2 aromatic rings. The Labute approximate surface area is 90.0 Å². The van der Waals surface area contributed by atoms with Crippen LogP contribution < -0.4 is 10.8 Å². The number of anilines is 1. The highest BCUT2D eigenvalue weighted by molar-refractivity contribution is 7.39. The van der Waals surface area contributed by atoms with Gasteiger partial charge in [-0.3, -0.25) is 13.8 Å². The third-order valence-corrected chi connectivity index (χ3v) is 2.33. The highest BCUT2D eigenvalue weighted by atomic mass is 31.1. The van der Waals surface area contributed by atoms with Crippen molar-refractivity contribution in [3.05, 3.63) is 24.2 Å². The van der Waals surface area contributed by atoms with Crippen LogP contribution in [-0.4, -0.2) is 25.2 Å². The standard InChI is InChI=1S/C7H8N5O3P/c8-6(13)4-3-12-5(11-16(14)15)1-2-9-7(12)10-4/h1-3,16H,(H2,8,13)(H2,11,14,15). The molecule has 2 aromatic heterocycles. The van der Waals surface area contributed by atoms with Crippen LogP contribution in [0.15, 0.2) is 18.5 Å². The Morgan fingerprint density at radius 1 is 1.62 bits per heavy atom. The monoisotopic (exact) mass is 241 g/mol. The van der Waals surface area contributed by atoms with E-state index in [1.165, 1.54) is 22.9 Å². The fourth-order valence-electron chi connectivity index (χ4n) is 1.22. The lowest BCUT2D eigenvalue weighted by Crippen LogP contribution is -2.10. The molecule has 9 heteroatoms. The van der Waals surface area contributed by atoms with Gasteiger partial charge in [-0.25, -0.2) is 9.97 Å². The number of carbonyl (C=O) groups excluding carboxylic acids is 1. The third-order valence-electron chi connectivity index (χ3n) is 1.86. The molecule has 4 N–H and O–H groups in total. The van der Waals surface area contributed by atoms with Gasteiger partial charge in [0.15, 0.2) is 0 Å². The lowest BCUT2D eigenvalue weighted by atomic mass is 10.5. The van der Waals surface area contributed by atoms with Crippen LogP contribution in [0.3, 0.4) is 0 Å². The molecular weight excluding hydrogens is 233 g/mol. The van der Waals surface area contributed by atoms with E-state index in [2.05, 4.69) is 15.1 Å². The van der Waals surface area contributed by atoms with Gasteiger partial charge in [-0.15, -0.1) is 0 Å². The van der Waals surface area contributed by atoms with Crippen molar-refractivity contribution in [2.45, 2.75) is 0 Å². The number of carbonyl (C=O) groups is 1. The summed E-state index contributed by atoms with van der Waals surface area (Å²) < 4.78 is 12.1. The summed E-state index contributed by atoms with van der Waals surface area (Å²) in [4.78, 5) is 27.4. The Kier molecular flexibility index (Phi) is 2.59. The predicted octanol–water partition coefficient (Wildman–Crippen LogP) is -0.378. The summed E-state index contributed by atoms with van der Waals surface area (Å²) in [5.41, 5.74) is 5.10. The molecule has 16 heavy (non-hydrogen) atoms. The van der Waals surface area contributed by atoms with Crippen molar-refractivity contribution in [2.24, 2.45) is 5.73 Å². The van der Waals surface area contributed by atoms with Gasteiger partial charge in [0.05, 0.1) is 0 Å². The number of hydrogen-bond donors (Lipinski definition) is 3. The number of primary amides is 1. The van der Waals surface area contributed by atoms with Crippen LogP contribution in [0, 0.1) is 0 Å². The Hall–Kier alpha value is -1.92. The van der Waals surface area contributed by atoms with Crippen molar-refractivity contribution in [3.63, 3.8) is 0 Å². The van der Waals surface area contributed by atoms with Gasteiger partial charge in [0.25, 0.3) is 14.1 Å². The first-order valence-corrected chi connectivity index (χ1v) is 5.57. The van der Waals surface area contributed by atoms with Crippen LogP contribution >= 0.6 is 8.18 Å². The minimum atomic E-state index is -2.88. The average Bonchev–Trinajstić information content (AvgIpc) is 2.61. The average molecular weight is 241 g/mol. The molecule has 8 nitrogen and oxygen atoms in total. The van der Waals surface area contributed by atoms with Crippen molar-refractivity contribution in [1.82, 2.24) is 14.4 Å². The topological polar surface area (TPSA) is 123 Å². The summed E-state index contributed by atoms with van der Waals surface area (Å²) in [7, 11) is -2.88. The fraction of sp³-hybridized carbons (Fsp3) is 0. The van der Waals surface area contributed by atoms with Gasteiger partial charge >= 0.3 is 0 Å². The second-order valence-corrected chi connectivity index (χ2v) is 3.78. The van der Waals surface area contributed by atoms with E-state index in [1.54, 1.807) is 0 Å². The van der Waals surface area contributed by atoms with Crippen LogP contribution in [0.5, 0.6) is 0 Å². The molecule has 0 radical (unpaired) electrons. The lowest BCUT2D eigenvalue weighted by molar-refractivity contribution is 0.0996. The molecule has 1 unspecified atom stereocenters. The molecule has 2 heterocycles. The van der Waals surface area contributed by atoms with Gasteiger partial charge < -0.3 is 15.7 Å². The Balaban J connectivity index is 2.58. The van der Waals surface area contributed by atoms with Gasteiger partial charge in [-0.05, 0) is 6.07 Å². The number of nitrogens with zero attached hydrogens (tertiary/aromatic N) is 3. The third kappa shape index (κ3) is 1.88. The molecule has 0 aromatic carbocycles. The fourth-order valence-corrected chi connectivity index (χ4v) is 1.65. The molecule has 0 saturated carbocycles. The minimum Gasteiger partial charge on any atom is -0.364 e. The van der Waals surface area contributed by atoms with Crippen LogP contribution in [0.25, 0.3) is 5.78 Å². The van der Waals surface area contributed by atoms with Gasteiger partial charge in [0.1, 0.15) is 11.5 Å². The summed E-state index contributed by atoms with van der Waals surface area (Å²) in [5.74, 6) is -0.147. The zero-order valence-electron chi connectivity index (χ0n) is 7.91. The molecule has 0 saturated heterocycles. The number of fused-ring (bicyclic) bond motifs is 1. The number of amides is 1. The number of aromatic nitrogens is 3. The van der Waals surface area contributed by atoms with E-state index >= 15 is 0 Å². The molecule has 1 atom stereocenters. The number of nitrogens with one attached hydrogen (secondary N) is 1.